The van der Waals surface area contributed by atoms with Crippen LogP contribution >= 0.6 is 11.6 Å². The summed E-state index contributed by atoms with van der Waals surface area (Å²) >= 11 is 6.46. The molecule has 0 bridgehead atoms. The topological polar surface area (TPSA) is 54.1 Å². The van der Waals surface area contributed by atoms with Gasteiger partial charge >= 0.3 is 0 Å². The third kappa shape index (κ3) is 4.87. The predicted molar refractivity (Wildman–Crippen MR) is 133 cm³/mol. The highest BCUT2D eigenvalue weighted by Gasteiger charge is 2.40. The van der Waals surface area contributed by atoms with Gasteiger partial charge in [-0.05, 0) is 73.1 Å². The van der Waals surface area contributed by atoms with E-state index in [-0.39, 0.29) is 11.7 Å². The van der Waals surface area contributed by atoms with E-state index in [1.807, 2.05) is 12.1 Å². The van der Waals surface area contributed by atoms with Crippen molar-refractivity contribution in [3.63, 3.8) is 0 Å². The van der Waals surface area contributed by atoms with Gasteiger partial charge in [-0.2, -0.15) is 0 Å². The second kappa shape index (κ2) is 10.1. The highest BCUT2D eigenvalue weighted by Crippen LogP contribution is 2.44. The minimum atomic E-state index is -0.130. The van der Waals surface area contributed by atoms with Gasteiger partial charge in [0.05, 0.1) is 11.1 Å². The van der Waals surface area contributed by atoms with Crippen LogP contribution in [-0.2, 0) is 6.54 Å². The molecule has 0 amide bonds. The third-order valence-corrected chi connectivity index (χ3v) is 7.59. The Labute approximate surface area is 195 Å². The van der Waals surface area contributed by atoms with Gasteiger partial charge in [-0.1, -0.05) is 55.8 Å². The van der Waals surface area contributed by atoms with Crippen molar-refractivity contribution in [1.29, 1.82) is 0 Å². The van der Waals surface area contributed by atoms with Gasteiger partial charge < -0.3 is 15.0 Å². The second-order valence-electron chi connectivity index (χ2n) is 9.04. The van der Waals surface area contributed by atoms with E-state index in [4.69, 9.17) is 16.3 Å². The number of rotatable bonds is 8. The first-order chi connectivity index (χ1) is 15.5. The molecule has 5 heteroatoms. The smallest absolute Gasteiger partial charge is 0.255 e. The van der Waals surface area contributed by atoms with Gasteiger partial charge in [0.1, 0.15) is 5.75 Å². The maximum Gasteiger partial charge on any atom is 0.255 e. The minimum Gasteiger partial charge on any atom is -0.489 e. The molecule has 0 radical (unpaired) electrons. The summed E-state index contributed by atoms with van der Waals surface area (Å²) in [5.74, 6) is 0.674. The molecule has 0 saturated heterocycles. The zero-order valence-corrected chi connectivity index (χ0v) is 19.8. The van der Waals surface area contributed by atoms with Crippen molar-refractivity contribution in [2.75, 3.05) is 0 Å². The van der Waals surface area contributed by atoms with E-state index in [0.717, 1.165) is 44.0 Å². The summed E-state index contributed by atoms with van der Waals surface area (Å²) < 4.78 is 6.35. The summed E-state index contributed by atoms with van der Waals surface area (Å²) in [4.78, 5) is 14.7. The second-order valence-corrected chi connectivity index (χ2v) is 9.44. The number of ether oxygens (including phenoxy) is 1. The van der Waals surface area contributed by atoms with Crippen LogP contribution in [0.3, 0.4) is 0 Å². The van der Waals surface area contributed by atoms with Gasteiger partial charge in [0.2, 0.25) is 0 Å². The molecule has 2 aromatic carbocycles. The first-order valence-corrected chi connectivity index (χ1v) is 12.2. The normalized spacial score (nSPS) is 22.0. The maximum atomic E-state index is 12.0. The SMILES string of the molecule is CC[C@@H](NCc1ccccc1)[C@]1(CC)CC[C@@H](Oc2cc3cc[nH]c(=O)c3cc2Cl)CC1. The Kier molecular flexibility index (Phi) is 7.22. The fraction of sp³-hybridized carbons (Fsp3) is 0.444. The number of hydrogen-bond donors (Lipinski definition) is 2. The Morgan fingerprint density at radius 2 is 1.91 bits per heavy atom. The highest BCUT2D eigenvalue weighted by molar-refractivity contribution is 6.32. The molecule has 2 N–H and O–H groups in total. The predicted octanol–water partition coefficient (Wildman–Crippen LogP) is 6.47. The molecule has 1 heterocycles. The van der Waals surface area contributed by atoms with Crippen molar-refractivity contribution < 1.29 is 4.74 Å². The van der Waals surface area contributed by atoms with Gasteiger partial charge in [-0.3, -0.25) is 4.79 Å². The van der Waals surface area contributed by atoms with E-state index in [1.165, 1.54) is 12.0 Å². The van der Waals surface area contributed by atoms with Crippen molar-refractivity contribution in [2.24, 2.45) is 5.41 Å². The number of nitrogens with one attached hydrogen (secondary N) is 2. The molecule has 1 aromatic heterocycles. The molecule has 170 valence electrons. The van der Waals surface area contributed by atoms with Crippen molar-refractivity contribution in [2.45, 2.75) is 71.1 Å². The van der Waals surface area contributed by atoms with Gasteiger partial charge in [0.25, 0.3) is 5.56 Å². The summed E-state index contributed by atoms with van der Waals surface area (Å²) in [5.41, 5.74) is 1.50. The first kappa shape index (κ1) is 22.9. The lowest BCUT2D eigenvalue weighted by Gasteiger charge is -2.45. The molecule has 3 aromatic rings. The zero-order valence-electron chi connectivity index (χ0n) is 19.0. The van der Waals surface area contributed by atoms with Gasteiger partial charge in [-0.25, -0.2) is 0 Å². The lowest BCUT2D eigenvalue weighted by Crippen LogP contribution is -2.47. The van der Waals surface area contributed by atoms with Crippen LogP contribution in [0, 0.1) is 5.41 Å². The molecule has 1 aliphatic carbocycles. The molecule has 0 spiro atoms. The summed E-state index contributed by atoms with van der Waals surface area (Å²) in [5, 5.41) is 5.79. The Morgan fingerprint density at radius 1 is 1.16 bits per heavy atom. The van der Waals surface area contributed by atoms with Crippen LogP contribution in [0.4, 0.5) is 0 Å². The molecule has 0 aliphatic heterocycles. The van der Waals surface area contributed by atoms with Gasteiger partial charge in [0.15, 0.2) is 0 Å². The lowest BCUT2D eigenvalue weighted by molar-refractivity contribution is 0.0457. The van der Waals surface area contributed by atoms with Crippen LogP contribution in [0.15, 0.2) is 59.5 Å². The molecule has 4 nitrogen and oxygen atoms in total. The van der Waals surface area contributed by atoms with Crippen LogP contribution < -0.4 is 15.6 Å². The number of benzene rings is 2. The van der Waals surface area contributed by atoms with Crippen molar-refractivity contribution in [1.82, 2.24) is 10.3 Å². The largest absolute Gasteiger partial charge is 0.489 e. The molecule has 1 saturated carbocycles. The average molecular weight is 453 g/mol. The van der Waals surface area contributed by atoms with E-state index in [9.17, 15) is 4.79 Å². The Morgan fingerprint density at radius 3 is 2.59 bits per heavy atom. The number of H-pyrrole nitrogens is 1. The van der Waals surface area contributed by atoms with Crippen LogP contribution in [0.25, 0.3) is 10.8 Å². The number of fused-ring (bicyclic) bond motifs is 1. The van der Waals surface area contributed by atoms with Crippen LogP contribution in [0.2, 0.25) is 5.02 Å². The highest BCUT2D eigenvalue weighted by atomic mass is 35.5. The van der Waals surface area contributed by atoms with E-state index in [0.29, 0.717) is 27.6 Å². The molecule has 4 rings (SSSR count). The monoisotopic (exact) mass is 452 g/mol. The maximum absolute atomic E-state index is 12.0. The standard InChI is InChI=1S/C27H33ClN2O2/c1-3-25(30-18-19-8-6-5-7-9-19)27(4-2)13-10-21(11-14-27)32-24-16-20-12-15-29-26(31)22(20)17-23(24)28/h5-9,12,15-17,21,25,30H,3-4,10-11,13-14,18H2,1-2H3,(H,29,31)/t21-,25-,27-/m1/s1. The number of aromatic nitrogens is 1. The summed E-state index contributed by atoms with van der Waals surface area (Å²) in [7, 11) is 0. The number of pyridine rings is 1. The summed E-state index contributed by atoms with van der Waals surface area (Å²) in [6, 6.07) is 16.6. The fourth-order valence-corrected chi connectivity index (χ4v) is 5.53. The lowest BCUT2D eigenvalue weighted by atomic mass is 9.66. The Bertz CT molecular complexity index is 1090. The van der Waals surface area contributed by atoms with Crippen molar-refractivity contribution >= 4 is 22.4 Å². The summed E-state index contributed by atoms with van der Waals surface area (Å²) in [6.45, 7) is 5.53. The molecule has 1 atom stereocenters. The average Bonchev–Trinajstić information content (AvgIpc) is 2.82. The van der Waals surface area contributed by atoms with E-state index in [1.54, 1.807) is 12.3 Å². The molecular weight excluding hydrogens is 420 g/mol. The third-order valence-electron chi connectivity index (χ3n) is 7.30. The van der Waals surface area contributed by atoms with Crippen molar-refractivity contribution in [3.05, 3.63) is 75.7 Å². The number of halogens is 1. The molecule has 0 unspecified atom stereocenters. The van der Waals surface area contributed by atoms with Gasteiger partial charge in [-0.15, -0.1) is 0 Å². The Balaban J connectivity index is 1.42. The quantitative estimate of drug-likeness (QED) is 0.412. The van der Waals surface area contributed by atoms with E-state index >= 15 is 0 Å². The zero-order chi connectivity index (χ0) is 22.6. The van der Waals surface area contributed by atoms with E-state index in [2.05, 4.69) is 54.5 Å². The fourth-order valence-electron chi connectivity index (χ4n) is 5.32. The molecule has 32 heavy (non-hydrogen) atoms. The van der Waals surface area contributed by atoms with Crippen molar-refractivity contribution in [3.8, 4) is 5.75 Å². The van der Waals surface area contributed by atoms with Crippen LogP contribution in [0.1, 0.15) is 57.9 Å². The summed E-state index contributed by atoms with van der Waals surface area (Å²) in [6.07, 6.45) is 8.40. The molecule has 1 fully saturated rings. The molecular formula is C27H33ClN2O2. The Hall–Kier alpha value is -2.30. The molecule has 1 aliphatic rings. The van der Waals surface area contributed by atoms with Crippen LogP contribution in [0.5, 0.6) is 5.75 Å². The number of hydrogen-bond acceptors (Lipinski definition) is 3. The first-order valence-electron chi connectivity index (χ1n) is 11.8. The van der Waals surface area contributed by atoms with E-state index < -0.39 is 0 Å². The number of aromatic amines is 1. The van der Waals surface area contributed by atoms with Crippen LogP contribution in [-0.4, -0.2) is 17.1 Å². The minimum absolute atomic E-state index is 0.130. The van der Waals surface area contributed by atoms with Gasteiger partial charge in [0, 0.05) is 24.2 Å².